The van der Waals surface area contributed by atoms with Gasteiger partial charge in [-0.2, -0.15) is 0 Å². The largest absolute Gasteiger partial charge is 0.496 e. The average molecular weight is 429 g/mol. The molecule has 0 aliphatic heterocycles. The second-order valence-electron chi connectivity index (χ2n) is 7.90. The van der Waals surface area contributed by atoms with Crippen LogP contribution < -0.4 is 10.1 Å². The summed E-state index contributed by atoms with van der Waals surface area (Å²) in [6.45, 7) is 9.94. The SMILES string of the molecule is COc1ccc(NC(=O)/C=C/c2ccccc2Cl)cc1CCCN(C(C)C)C(C)C. The van der Waals surface area contributed by atoms with E-state index in [4.69, 9.17) is 16.3 Å². The van der Waals surface area contributed by atoms with Crippen LogP contribution in [0.3, 0.4) is 0 Å². The van der Waals surface area contributed by atoms with Crippen LogP contribution in [0.25, 0.3) is 6.08 Å². The molecule has 162 valence electrons. The highest BCUT2D eigenvalue weighted by molar-refractivity contribution is 6.32. The smallest absolute Gasteiger partial charge is 0.248 e. The molecule has 0 fully saturated rings. The van der Waals surface area contributed by atoms with Gasteiger partial charge in [0.2, 0.25) is 5.91 Å². The number of rotatable bonds is 10. The molecule has 2 rings (SSSR count). The zero-order valence-corrected chi connectivity index (χ0v) is 19.4. The van der Waals surface area contributed by atoms with Crippen LogP contribution in [0.4, 0.5) is 5.69 Å². The number of amides is 1. The maximum atomic E-state index is 12.3. The zero-order chi connectivity index (χ0) is 22.1. The van der Waals surface area contributed by atoms with E-state index in [1.807, 2.05) is 36.4 Å². The fourth-order valence-electron chi connectivity index (χ4n) is 3.58. The number of carbonyl (C=O) groups is 1. The molecular weight excluding hydrogens is 396 g/mol. The quantitative estimate of drug-likeness (QED) is 0.468. The van der Waals surface area contributed by atoms with Crippen molar-refractivity contribution in [1.29, 1.82) is 0 Å². The molecule has 30 heavy (non-hydrogen) atoms. The van der Waals surface area contributed by atoms with E-state index in [0.717, 1.165) is 42.0 Å². The summed E-state index contributed by atoms with van der Waals surface area (Å²) in [7, 11) is 1.68. The Kier molecular flexibility index (Phi) is 9.41. The molecule has 0 aliphatic rings. The minimum atomic E-state index is -0.197. The minimum Gasteiger partial charge on any atom is -0.496 e. The average Bonchev–Trinajstić information content (AvgIpc) is 2.70. The summed E-state index contributed by atoms with van der Waals surface area (Å²) in [5.74, 6) is 0.650. The van der Waals surface area contributed by atoms with Gasteiger partial charge in [-0.1, -0.05) is 29.8 Å². The lowest BCUT2D eigenvalue weighted by Gasteiger charge is -2.30. The van der Waals surface area contributed by atoms with Gasteiger partial charge in [0.15, 0.2) is 0 Å². The van der Waals surface area contributed by atoms with Gasteiger partial charge in [0.25, 0.3) is 0 Å². The molecule has 0 unspecified atom stereocenters. The van der Waals surface area contributed by atoms with Gasteiger partial charge in [0.05, 0.1) is 7.11 Å². The maximum Gasteiger partial charge on any atom is 0.248 e. The molecule has 1 amide bonds. The van der Waals surface area contributed by atoms with Crippen molar-refractivity contribution in [2.45, 2.75) is 52.6 Å². The van der Waals surface area contributed by atoms with Crippen molar-refractivity contribution >= 4 is 29.3 Å². The standard InChI is InChI=1S/C25H33ClN2O2/c1-18(2)28(19(3)4)16-8-10-21-17-22(13-14-24(21)30-5)27-25(29)15-12-20-9-6-7-11-23(20)26/h6-7,9,11-15,17-19H,8,10,16H2,1-5H3,(H,27,29)/b15-12+. The van der Waals surface area contributed by atoms with E-state index in [9.17, 15) is 4.79 Å². The molecule has 5 heteroatoms. The third kappa shape index (κ3) is 7.19. The second kappa shape index (κ2) is 11.8. The number of ether oxygens (including phenoxy) is 1. The van der Waals surface area contributed by atoms with Crippen molar-refractivity contribution in [1.82, 2.24) is 4.90 Å². The number of hydrogen-bond acceptors (Lipinski definition) is 3. The van der Waals surface area contributed by atoms with Crippen molar-refractivity contribution in [2.75, 3.05) is 19.0 Å². The monoisotopic (exact) mass is 428 g/mol. The molecule has 1 N–H and O–H groups in total. The Bertz CT molecular complexity index is 854. The number of aryl methyl sites for hydroxylation is 1. The van der Waals surface area contributed by atoms with Crippen molar-refractivity contribution in [2.24, 2.45) is 0 Å². The van der Waals surface area contributed by atoms with Crippen molar-refractivity contribution in [3.05, 3.63) is 64.7 Å². The van der Waals surface area contributed by atoms with Crippen LogP contribution in [0, 0.1) is 0 Å². The van der Waals surface area contributed by atoms with Crippen LogP contribution in [0.5, 0.6) is 5.75 Å². The first-order valence-corrected chi connectivity index (χ1v) is 10.9. The summed E-state index contributed by atoms with van der Waals surface area (Å²) in [6.07, 6.45) is 5.12. The Balaban J connectivity index is 2.02. The minimum absolute atomic E-state index is 0.197. The molecule has 0 aromatic heterocycles. The van der Waals surface area contributed by atoms with E-state index in [-0.39, 0.29) is 5.91 Å². The molecule has 0 saturated heterocycles. The normalized spacial score (nSPS) is 11.6. The summed E-state index contributed by atoms with van der Waals surface area (Å²) in [4.78, 5) is 14.8. The van der Waals surface area contributed by atoms with Crippen LogP contribution in [0.1, 0.15) is 45.2 Å². The number of halogens is 1. The number of anilines is 1. The van der Waals surface area contributed by atoms with E-state index < -0.39 is 0 Å². The molecule has 0 saturated carbocycles. The Labute approximate surface area is 185 Å². The van der Waals surface area contributed by atoms with Crippen LogP contribution in [0.2, 0.25) is 5.02 Å². The molecule has 4 nitrogen and oxygen atoms in total. The molecule has 0 heterocycles. The number of nitrogens with zero attached hydrogens (tertiary/aromatic N) is 1. The summed E-state index contributed by atoms with van der Waals surface area (Å²) >= 11 is 6.13. The molecule has 0 radical (unpaired) electrons. The Morgan fingerprint density at radius 3 is 2.47 bits per heavy atom. The number of methoxy groups -OCH3 is 1. The van der Waals surface area contributed by atoms with Gasteiger partial charge in [-0.3, -0.25) is 9.69 Å². The Hall–Kier alpha value is -2.30. The van der Waals surface area contributed by atoms with Gasteiger partial charge < -0.3 is 10.1 Å². The Morgan fingerprint density at radius 1 is 1.13 bits per heavy atom. The first kappa shape index (κ1) is 24.0. The highest BCUT2D eigenvalue weighted by Crippen LogP contribution is 2.24. The van der Waals surface area contributed by atoms with Crippen LogP contribution in [-0.2, 0) is 11.2 Å². The summed E-state index contributed by atoms with van der Waals surface area (Å²) < 4.78 is 5.52. The van der Waals surface area contributed by atoms with Crippen LogP contribution in [-0.4, -0.2) is 36.5 Å². The highest BCUT2D eigenvalue weighted by Gasteiger charge is 2.13. The van der Waals surface area contributed by atoms with Gasteiger partial charge in [0, 0.05) is 28.9 Å². The number of hydrogen-bond donors (Lipinski definition) is 1. The fraction of sp³-hybridized carbons (Fsp3) is 0.400. The second-order valence-corrected chi connectivity index (χ2v) is 8.31. The zero-order valence-electron chi connectivity index (χ0n) is 18.6. The van der Waals surface area contributed by atoms with Crippen molar-refractivity contribution in [3.63, 3.8) is 0 Å². The molecule has 2 aromatic carbocycles. The summed E-state index contributed by atoms with van der Waals surface area (Å²) in [6, 6.07) is 14.2. The van der Waals surface area contributed by atoms with Gasteiger partial charge >= 0.3 is 0 Å². The molecule has 0 spiro atoms. The number of benzene rings is 2. The fourth-order valence-corrected chi connectivity index (χ4v) is 3.77. The molecule has 2 aromatic rings. The number of carbonyl (C=O) groups excluding carboxylic acids is 1. The van der Waals surface area contributed by atoms with Gasteiger partial charge in [-0.25, -0.2) is 0 Å². The lowest BCUT2D eigenvalue weighted by Crippen LogP contribution is -2.37. The third-order valence-corrected chi connectivity index (χ3v) is 5.40. The highest BCUT2D eigenvalue weighted by atomic mass is 35.5. The van der Waals surface area contributed by atoms with E-state index in [1.165, 1.54) is 6.08 Å². The van der Waals surface area contributed by atoms with E-state index in [1.54, 1.807) is 19.3 Å². The molecule has 0 aliphatic carbocycles. The molecule has 0 atom stereocenters. The number of nitrogens with one attached hydrogen (secondary N) is 1. The lowest BCUT2D eigenvalue weighted by atomic mass is 10.1. The van der Waals surface area contributed by atoms with Crippen molar-refractivity contribution < 1.29 is 9.53 Å². The lowest BCUT2D eigenvalue weighted by molar-refractivity contribution is -0.111. The van der Waals surface area contributed by atoms with Gasteiger partial charge in [-0.15, -0.1) is 0 Å². The van der Waals surface area contributed by atoms with E-state index >= 15 is 0 Å². The maximum absolute atomic E-state index is 12.3. The first-order chi connectivity index (χ1) is 14.3. The van der Waals surface area contributed by atoms with E-state index in [0.29, 0.717) is 17.1 Å². The third-order valence-electron chi connectivity index (χ3n) is 5.06. The molecule has 0 bridgehead atoms. The van der Waals surface area contributed by atoms with Gasteiger partial charge in [0.1, 0.15) is 5.75 Å². The van der Waals surface area contributed by atoms with Crippen molar-refractivity contribution in [3.8, 4) is 5.75 Å². The summed E-state index contributed by atoms with van der Waals surface area (Å²) in [5.41, 5.74) is 2.66. The topological polar surface area (TPSA) is 41.6 Å². The first-order valence-electron chi connectivity index (χ1n) is 10.5. The van der Waals surface area contributed by atoms with Gasteiger partial charge in [-0.05, 0) is 88.5 Å². The predicted molar refractivity (Wildman–Crippen MR) is 127 cm³/mol. The Morgan fingerprint density at radius 2 is 1.83 bits per heavy atom. The van der Waals surface area contributed by atoms with E-state index in [2.05, 4.69) is 37.9 Å². The van der Waals surface area contributed by atoms with Crippen LogP contribution in [0.15, 0.2) is 48.5 Å². The molecular formula is C25H33ClN2O2. The van der Waals surface area contributed by atoms with Crippen LogP contribution >= 0.6 is 11.6 Å². The summed E-state index contributed by atoms with van der Waals surface area (Å²) in [5, 5.41) is 3.54. The predicted octanol–water partition coefficient (Wildman–Crippen LogP) is 6.05.